The molecule has 0 N–H and O–H groups in total. The lowest BCUT2D eigenvalue weighted by atomic mass is 9.77. The molecule has 0 bridgehead atoms. The minimum atomic E-state index is 0.796. The Labute approximate surface area is 125 Å². The van der Waals surface area contributed by atoms with E-state index in [1.807, 2.05) is 0 Å². The van der Waals surface area contributed by atoms with Crippen LogP contribution in [-0.2, 0) is 0 Å². The summed E-state index contributed by atoms with van der Waals surface area (Å²) in [4.78, 5) is 3.62. The van der Waals surface area contributed by atoms with Crippen LogP contribution in [0.1, 0.15) is 90.4 Å². The molecule has 2 unspecified atom stereocenters. The lowest BCUT2D eigenvalue weighted by Crippen LogP contribution is -2.18. The third-order valence-corrected chi connectivity index (χ3v) is 5.70. The molecule has 2 nitrogen and oxygen atoms in total. The molecule has 0 aliphatic heterocycles. The van der Waals surface area contributed by atoms with Crippen molar-refractivity contribution in [3.8, 4) is 0 Å². The molecule has 2 aliphatic rings. The van der Waals surface area contributed by atoms with Gasteiger partial charge in [0, 0.05) is 12.8 Å². The van der Waals surface area contributed by atoms with Gasteiger partial charge in [0.15, 0.2) is 0 Å². The monoisotopic (exact) mass is 276 g/mol. The second kappa shape index (κ2) is 8.62. The van der Waals surface area contributed by atoms with Crippen LogP contribution in [-0.4, -0.2) is 10.5 Å². The van der Waals surface area contributed by atoms with Gasteiger partial charge in [-0.2, -0.15) is 4.79 Å². The van der Waals surface area contributed by atoms with Gasteiger partial charge in [-0.15, -0.1) is 0 Å². The Morgan fingerprint density at radius 3 is 2.35 bits per heavy atom. The van der Waals surface area contributed by atoms with Crippen LogP contribution in [0.25, 0.3) is 5.53 Å². The highest BCUT2D eigenvalue weighted by Gasteiger charge is 2.24. The summed E-state index contributed by atoms with van der Waals surface area (Å²) in [5, 5.41) is 0. The van der Waals surface area contributed by atoms with Crippen molar-refractivity contribution in [1.29, 1.82) is 0 Å². The Balaban J connectivity index is 1.71. The average Bonchev–Trinajstić information content (AvgIpc) is 2.52. The van der Waals surface area contributed by atoms with Crippen molar-refractivity contribution in [2.24, 2.45) is 17.8 Å². The van der Waals surface area contributed by atoms with Crippen molar-refractivity contribution >= 4 is 5.71 Å². The minimum Gasteiger partial charge on any atom is -0.362 e. The Morgan fingerprint density at radius 1 is 0.950 bits per heavy atom. The average molecular weight is 276 g/mol. The standard InChI is InChI=1S/C18H32N2/c1-2-15-9-6-10-17(13-15)11-12-18(20-19)14-16-7-4-3-5-8-16/h15-17H,2-14H2,1H3. The van der Waals surface area contributed by atoms with E-state index in [9.17, 15) is 5.53 Å². The van der Waals surface area contributed by atoms with E-state index in [-0.39, 0.29) is 0 Å². The lowest BCUT2D eigenvalue weighted by Gasteiger charge is -2.28. The third kappa shape index (κ3) is 5.05. The molecule has 2 aliphatic carbocycles. The Bertz CT molecular complexity index is 324. The predicted octanol–water partition coefficient (Wildman–Crippen LogP) is 5.62. The normalized spacial score (nSPS) is 28.1. The fraction of sp³-hybridized carbons (Fsp3) is 0.944. The number of nitrogens with zero attached hydrogens (tertiary/aromatic N) is 2. The van der Waals surface area contributed by atoms with Crippen LogP contribution in [0.15, 0.2) is 0 Å². The van der Waals surface area contributed by atoms with E-state index in [0.717, 1.165) is 36.3 Å². The number of hydrogen-bond donors (Lipinski definition) is 0. The first-order chi connectivity index (χ1) is 9.81. The van der Waals surface area contributed by atoms with Gasteiger partial charge in [-0.1, -0.05) is 51.9 Å². The molecule has 2 atom stereocenters. The molecule has 2 heteroatoms. The largest absolute Gasteiger partial charge is 0.362 e. The zero-order valence-corrected chi connectivity index (χ0v) is 13.3. The maximum atomic E-state index is 9.27. The van der Waals surface area contributed by atoms with Crippen LogP contribution in [0.3, 0.4) is 0 Å². The molecule has 0 saturated heterocycles. The van der Waals surface area contributed by atoms with Gasteiger partial charge in [0.2, 0.25) is 0 Å². The van der Waals surface area contributed by atoms with Crippen LogP contribution < -0.4 is 0 Å². The molecule has 20 heavy (non-hydrogen) atoms. The summed E-state index contributed by atoms with van der Waals surface area (Å²) in [7, 11) is 0. The van der Waals surface area contributed by atoms with E-state index in [4.69, 9.17) is 0 Å². The van der Waals surface area contributed by atoms with E-state index in [1.165, 1.54) is 70.6 Å². The van der Waals surface area contributed by atoms with Gasteiger partial charge < -0.3 is 5.53 Å². The van der Waals surface area contributed by atoms with Gasteiger partial charge in [-0.25, -0.2) is 0 Å². The summed E-state index contributed by atoms with van der Waals surface area (Å²) in [5.41, 5.74) is 10.4. The number of hydrogen-bond acceptors (Lipinski definition) is 0. The first kappa shape index (κ1) is 15.8. The summed E-state index contributed by atoms with van der Waals surface area (Å²) in [6.45, 7) is 2.33. The molecular weight excluding hydrogens is 244 g/mol. The summed E-state index contributed by atoms with van der Waals surface area (Å²) in [6, 6.07) is 0. The molecule has 0 aromatic heterocycles. The predicted molar refractivity (Wildman–Crippen MR) is 84.8 cm³/mol. The van der Waals surface area contributed by atoms with Gasteiger partial charge in [0.25, 0.3) is 5.71 Å². The van der Waals surface area contributed by atoms with Gasteiger partial charge >= 0.3 is 0 Å². The number of rotatable bonds is 6. The smallest absolute Gasteiger partial charge is 0.269 e. The van der Waals surface area contributed by atoms with Crippen LogP contribution in [0.4, 0.5) is 0 Å². The van der Waals surface area contributed by atoms with Crippen LogP contribution in [0.5, 0.6) is 0 Å². The van der Waals surface area contributed by atoms with Crippen LogP contribution in [0, 0.1) is 17.8 Å². The van der Waals surface area contributed by atoms with E-state index < -0.39 is 0 Å². The maximum absolute atomic E-state index is 9.27. The van der Waals surface area contributed by atoms with E-state index in [2.05, 4.69) is 11.7 Å². The quantitative estimate of drug-likeness (QED) is 0.343. The topological polar surface area (TPSA) is 36.4 Å². The van der Waals surface area contributed by atoms with E-state index in [1.54, 1.807) is 0 Å². The Hall–Kier alpha value is -0.620. The summed E-state index contributed by atoms with van der Waals surface area (Å²) < 4.78 is 0. The fourth-order valence-corrected chi connectivity index (χ4v) is 4.32. The van der Waals surface area contributed by atoms with Crippen molar-refractivity contribution in [2.45, 2.75) is 90.4 Å². The van der Waals surface area contributed by atoms with Crippen LogP contribution in [0.2, 0.25) is 0 Å². The SMILES string of the molecule is CCC1CCCC(CCC(CC2CCCCC2)=[N+]=[N-])C1. The molecule has 114 valence electrons. The molecule has 2 rings (SSSR count). The van der Waals surface area contributed by atoms with Gasteiger partial charge in [-0.3, -0.25) is 0 Å². The highest BCUT2D eigenvalue weighted by Crippen LogP contribution is 2.34. The van der Waals surface area contributed by atoms with Crippen LogP contribution >= 0.6 is 0 Å². The molecule has 0 aromatic carbocycles. The molecule has 0 spiro atoms. The molecule has 0 radical (unpaired) electrons. The lowest BCUT2D eigenvalue weighted by molar-refractivity contribution is -0.0139. The van der Waals surface area contributed by atoms with E-state index in [0.29, 0.717) is 0 Å². The molecule has 0 amide bonds. The second-order valence-electron chi connectivity index (χ2n) is 7.22. The molecule has 0 heterocycles. The molecule has 0 aromatic rings. The molecular formula is C18H32N2. The van der Waals surface area contributed by atoms with Gasteiger partial charge in [0.05, 0.1) is 0 Å². The Kier molecular flexibility index (Phi) is 6.79. The van der Waals surface area contributed by atoms with Crippen molar-refractivity contribution < 1.29 is 4.79 Å². The second-order valence-corrected chi connectivity index (χ2v) is 7.22. The minimum absolute atomic E-state index is 0.796. The highest BCUT2D eigenvalue weighted by molar-refractivity contribution is 5.79. The van der Waals surface area contributed by atoms with E-state index >= 15 is 0 Å². The third-order valence-electron chi connectivity index (χ3n) is 5.70. The molecule has 2 saturated carbocycles. The fourth-order valence-electron chi connectivity index (χ4n) is 4.32. The van der Waals surface area contributed by atoms with Crippen molar-refractivity contribution in [3.05, 3.63) is 5.53 Å². The summed E-state index contributed by atoms with van der Waals surface area (Å²) in [5.74, 6) is 2.64. The zero-order chi connectivity index (χ0) is 14.2. The van der Waals surface area contributed by atoms with Crippen molar-refractivity contribution in [3.63, 3.8) is 0 Å². The Morgan fingerprint density at radius 2 is 1.65 bits per heavy atom. The molecule has 2 fully saturated rings. The van der Waals surface area contributed by atoms with Crippen molar-refractivity contribution in [1.82, 2.24) is 0 Å². The first-order valence-electron chi connectivity index (χ1n) is 9.01. The van der Waals surface area contributed by atoms with Gasteiger partial charge in [-0.05, 0) is 43.4 Å². The summed E-state index contributed by atoms with van der Waals surface area (Å²) in [6.07, 6.45) is 17.2. The summed E-state index contributed by atoms with van der Waals surface area (Å²) >= 11 is 0. The van der Waals surface area contributed by atoms with Crippen molar-refractivity contribution in [2.75, 3.05) is 0 Å². The van der Waals surface area contributed by atoms with Gasteiger partial charge in [0.1, 0.15) is 0 Å². The zero-order valence-electron chi connectivity index (χ0n) is 13.3. The first-order valence-corrected chi connectivity index (χ1v) is 9.01. The highest BCUT2D eigenvalue weighted by atomic mass is 14.9. The maximum Gasteiger partial charge on any atom is 0.269 e.